The first-order valence-corrected chi connectivity index (χ1v) is 8.71. The second-order valence-electron chi connectivity index (χ2n) is 5.53. The van der Waals surface area contributed by atoms with Crippen LogP contribution < -0.4 is 10.2 Å². The highest BCUT2D eigenvalue weighted by Crippen LogP contribution is 2.24. The number of hydrogen-bond acceptors (Lipinski definition) is 4. The monoisotopic (exact) mass is 348 g/mol. The molecule has 0 saturated carbocycles. The molecule has 2 amide bonds. The molecule has 6 heteroatoms. The van der Waals surface area contributed by atoms with Crippen molar-refractivity contribution in [2.45, 2.75) is 25.8 Å². The summed E-state index contributed by atoms with van der Waals surface area (Å²) in [6.07, 6.45) is 1.06. The third kappa shape index (κ3) is 3.47. The molecule has 3 rings (SSSR count). The molecule has 1 aliphatic heterocycles. The van der Waals surface area contributed by atoms with Gasteiger partial charge in [0, 0.05) is 16.4 Å². The van der Waals surface area contributed by atoms with E-state index >= 15 is 0 Å². The molecule has 0 spiro atoms. The Labute approximate surface area is 144 Å². The van der Waals surface area contributed by atoms with Crippen molar-refractivity contribution in [1.82, 2.24) is 5.32 Å². The molecule has 1 aliphatic rings. The van der Waals surface area contributed by atoms with E-state index < -0.39 is 6.04 Å². The molecule has 1 aromatic carbocycles. The number of imide groups is 1. The minimum absolute atomic E-state index is 0.179. The van der Waals surface area contributed by atoms with Crippen LogP contribution in [0.3, 0.4) is 0 Å². The summed E-state index contributed by atoms with van der Waals surface area (Å²) >= 11 is 7.57. The summed E-state index contributed by atoms with van der Waals surface area (Å²) in [6.45, 7) is 2.76. The fraction of sp³-hybridized carbons (Fsp3) is 0.294. The number of nitrogens with one attached hydrogen (secondary N) is 1. The minimum atomic E-state index is -0.446. The summed E-state index contributed by atoms with van der Waals surface area (Å²) in [4.78, 5) is 27.2. The number of carbonyl (C=O) groups is 2. The van der Waals surface area contributed by atoms with Crippen molar-refractivity contribution < 1.29 is 9.59 Å². The molecule has 2 aromatic rings. The van der Waals surface area contributed by atoms with Gasteiger partial charge < -0.3 is 5.32 Å². The fourth-order valence-corrected chi connectivity index (χ4v) is 3.71. The maximum absolute atomic E-state index is 12.5. The maximum Gasteiger partial charge on any atom is 0.251 e. The van der Waals surface area contributed by atoms with E-state index in [0.29, 0.717) is 17.3 Å². The smallest absolute Gasteiger partial charge is 0.251 e. The van der Waals surface area contributed by atoms with Gasteiger partial charge in [0.2, 0.25) is 5.91 Å². The Kier molecular flexibility index (Phi) is 4.80. The first-order chi connectivity index (χ1) is 11.1. The van der Waals surface area contributed by atoms with Crippen molar-refractivity contribution in [2.75, 3.05) is 11.4 Å². The SMILES string of the molecule is Cc1ccsc1CCNC1CC(=O)N(c2ccc(Cl)cc2)C1=O. The Hall–Kier alpha value is -1.69. The largest absolute Gasteiger partial charge is 0.305 e. The number of aryl methyl sites for hydroxylation is 1. The highest BCUT2D eigenvalue weighted by atomic mass is 35.5. The van der Waals surface area contributed by atoms with E-state index in [-0.39, 0.29) is 18.2 Å². The molecule has 0 bridgehead atoms. The van der Waals surface area contributed by atoms with Crippen molar-refractivity contribution in [3.8, 4) is 0 Å². The number of halogens is 1. The van der Waals surface area contributed by atoms with E-state index in [0.717, 1.165) is 6.42 Å². The van der Waals surface area contributed by atoms with Gasteiger partial charge in [0.1, 0.15) is 0 Å². The summed E-state index contributed by atoms with van der Waals surface area (Å²) in [6, 6.07) is 8.38. The highest BCUT2D eigenvalue weighted by molar-refractivity contribution is 7.10. The van der Waals surface area contributed by atoms with Crippen molar-refractivity contribution in [2.24, 2.45) is 0 Å². The van der Waals surface area contributed by atoms with Crippen LogP contribution >= 0.6 is 22.9 Å². The molecule has 1 saturated heterocycles. The van der Waals surface area contributed by atoms with Gasteiger partial charge in [-0.1, -0.05) is 11.6 Å². The van der Waals surface area contributed by atoms with Crippen LogP contribution in [0.25, 0.3) is 0 Å². The van der Waals surface area contributed by atoms with Crippen molar-refractivity contribution in [1.29, 1.82) is 0 Å². The Balaban J connectivity index is 1.62. The molecular formula is C17H17ClN2O2S. The average molecular weight is 349 g/mol. The van der Waals surface area contributed by atoms with Gasteiger partial charge >= 0.3 is 0 Å². The highest BCUT2D eigenvalue weighted by Gasteiger charge is 2.39. The van der Waals surface area contributed by atoms with Crippen LogP contribution in [0.2, 0.25) is 5.02 Å². The van der Waals surface area contributed by atoms with Crippen LogP contribution in [0.4, 0.5) is 5.69 Å². The van der Waals surface area contributed by atoms with Gasteiger partial charge in [0.15, 0.2) is 0 Å². The van der Waals surface area contributed by atoms with E-state index in [1.165, 1.54) is 15.3 Å². The van der Waals surface area contributed by atoms with Crippen LogP contribution in [0.1, 0.15) is 16.9 Å². The molecule has 23 heavy (non-hydrogen) atoms. The van der Waals surface area contributed by atoms with Crippen LogP contribution in [0, 0.1) is 6.92 Å². The van der Waals surface area contributed by atoms with Crippen LogP contribution in [0.5, 0.6) is 0 Å². The minimum Gasteiger partial charge on any atom is -0.305 e. The molecule has 0 radical (unpaired) electrons. The van der Waals surface area contributed by atoms with Gasteiger partial charge in [-0.15, -0.1) is 11.3 Å². The molecule has 4 nitrogen and oxygen atoms in total. The van der Waals surface area contributed by atoms with Crippen molar-refractivity contribution in [3.05, 3.63) is 51.2 Å². The number of benzene rings is 1. The van der Waals surface area contributed by atoms with Gasteiger partial charge in [-0.05, 0) is 54.6 Å². The van der Waals surface area contributed by atoms with E-state index in [2.05, 4.69) is 23.7 Å². The van der Waals surface area contributed by atoms with Gasteiger partial charge in [0.25, 0.3) is 5.91 Å². The quantitative estimate of drug-likeness (QED) is 0.844. The van der Waals surface area contributed by atoms with Gasteiger partial charge in [-0.25, -0.2) is 4.90 Å². The summed E-state index contributed by atoms with van der Waals surface area (Å²) < 4.78 is 0. The first kappa shape index (κ1) is 16.2. The standard InChI is InChI=1S/C17H17ClN2O2S/c1-11-7-9-23-15(11)6-8-19-14-10-16(21)20(17(14)22)13-4-2-12(18)3-5-13/h2-5,7,9,14,19H,6,8,10H2,1H3. The van der Waals surface area contributed by atoms with E-state index in [1.54, 1.807) is 35.6 Å². The number of rotatable bonds is 5. The number of thiophene rings is 1. The lowest BCUT2D eigenvalue weighted by molar-refractivity contribution is -0.121. The number of hydrogen-bond donors (Lipinski definition) is 1. The lowest BCUT2D eigenvalue weighted by atomic mass is 10.2. The Morgan fingerprint density at radius 2 is 2.00 bits per heavy atom. The van der Waals surface area contributed by atoms with Crippen molar-refractivity contribution >= 4 is 40.4 Å². The van der Waals surface area contributed by atoms with Gasteiger partial charge in [0.05, 0.1) is 18.2 Å². The molecule has 1 aromatic heterocycles. The molecule has 2 heterocycles. The average Bonchev–Trinajstić information content (AvgIpc) is 3.05. The molecule has 1 atom stereocenters. The Morgan fingerprint density at radius 3 is 2.65 bits per heavy atom. The number of nitrogens with zero attached hydrogens (tertiary/aromatic N) is 1. The maximum atomic E-state index is 12.5. The predicted molar refractivity (Wildman–Crippen MR) is 93.1 cm³/mol. The molecule has 0 aliphatic carbocycles. The zero-order valence-corrected chi connectivity index (χ0v) is 14.3. The van der Waals surface area contributed by atoms with Crippen LogP contribution in [0.15, 0.2) is 35.7 Å². The van der Waals surface area contributed by atoms with Crippen LogP contribution in [-0.2, 0) is 16.0 Å². The Bertz CT molecular complexity index is 726. The molecule has 1 fully saturated rings. The van der Waals surface area contributed by atoms with E-state index in [4.69, 9.17) is 11.6 Å². The second kappa shape index (κ2) is 6.83. The Morgan fingerprint density at radius 1 is 1.26 bits per heavy atom. The third-order valence-corrected chi connectivity index (χ3v) is 5.28. The predicted octanol–water partition coefficient (Wildman–Crippen LogP) is 3.17. The first-order valence-electron chi connectivity index (χ1n) is 7.45. The fourth-order valence-electron chi connectivity index (χ4n) is 2.67. The lowest BCUT2D eigenvalue weighted by Gasteiger charge is -2.15. The zero-order valence-electron chi connectivity index (χ0n) is 12.7. The molecule has 1 N–H and O–H groups in total. The molecular weight excluding hydrogens is 332 g/mol. The second-order valence-corrected chi connectivity index (χ2v) is 6.97. The lowest BCUT2D eigenvalue weighted by Crippen LogP contribution is -2.39. The summed E-state index contributed by atoms with van der Waals surface area (Å²) in [7, 11) is 0. The number of anilines is 1. The van der Waals surface area contributed by atoms with Gasteiger partial charge in [-0.3, -0.25) is 9.59 Å². The number of amides is 2. The van der Waals surface area contributed by atoms with Crippen LogP contribution in [-0.4, -0.2) is 24.4 Å². The van der Waals surface area contributed by atoms with E-state index in [9.17, 15) is 9.59 Å². The van der Waals surface area contributed by atoms with Crippen molar-refractivity contribution in [3.63, 3.8) is 0 Å². The third-order valence-electron chi connectivity index (χ3n) is 3.94. The normalized spacial score (nSPS) is 18.0. The topological polar surface area (TPSA) is 49.4 Å². The molecule has 120 valence electrons. The number of carbonyl (C=O) groups excluding carboxylic acids is 2. The van der Waals surface area contributed by atoms with Gasteiger partial charge in [-0.2, -0.15) is 0 Å². The summed E-state index contributed by atoms with van der Waals surface area (Å²) in [5, 5.41) is 5.85. The summed E-state index contributed by atoms with van der Waals surface area (Å²) in [5.41, 5.74) is 1.84. The zero-order chi connectivity index (χ0) is 16.4. The summed E-state index contributed by atoms with van der Waals surface area (Å²) in [5.74, 6) is -0.373. The van der Waals surface area contributed by atoms with E-state index in [1.807, 2.05) is 0 Å². The molecule has 1 unspecified atom stereocenters.